The highest BCUT2D eigenvalue weighted by atomic mass is 16.1. The number of para-hydroxylation sites is 1. The SMILES string of the molecule is Cc1nn(-c2ccccc2)c(C)c1NC(=O)C=Cc1ccccc1. The molecular formula is C20H19N3O. The number of benzene rings is 2. The van der Waals surface area contributed by atoms with Crippen LogP contribution in [0.1, 0.15) is 17.0 Å². The minimum absolute atomic E-state index is 0.169. The predicted octanol–water partition coefficient (Wildman–Crippen LogP) is 4.14. The van der Waals surface area contributed by atoms with E-state index in [1.165, 1.54) is 6.08 Å². The summed E-state index contributed by atoms with van der Waals surface area (Å²) in [5.74, 6) is -0.169. The maximum Gasteiger partial charge on any atom is 0.248 e. The van der Waals surface area contributed by atoms with Crippen LogP contribution in [0.4, 0.5) is 5.69 Å². The van der Waals surface area contributed by atoms with Crippen molar-refractivity contribution in [2.75, 3.05) is 5.32 Å². The van der Waals surface area contributed by atoms with Gasteiger partial charge in [0.15, 0.2) is 0 Å². The second-order valence-corrected chi connectivity index (χ2v) is 5.53. The molecule has 4 nitrogen and oxygen atoms in total. The predicted molar refractivity (Wildman–Crippen MR) is 97.1 cm³/mol. The molecule has 1 N–H and O–H groups in total. The first-order valence-corrected chi connectivity index (χ1v) is 7.81. The van der Waals surface area contributed by atoms with Gasteiger partial charge < -0.3 is 5.32 Å². The lowest BCUT2D eigenvalue weighted by Crippen LogP contribution is -2.09. The number of anilines is 1. The summed E-state index contributed by atoms with van der Waals surface area (Å²) in [6.45, 7) is 3.84. The first-order valence-electron chi connectivity index (χ1n) is 7.81. The maximum absolute atomic E-state index is 12.2. The fraction of sp³-hybridized carbons (Fsp3) is 0.100. The Kier molecular flexibility index (Phi) is 4.57. The number of aromatic nitrogens is 2. The van der Waals surface area contributed by atoms with Crippen molar-refractivity contribution in [2.45, 2.75) is 13.8 Å². The largest absolute Gasteiger partial charge is 0.319 e. The molecule has 0 radical (unpaired) electrons. The van der Waals surface area contributed by atoms with Crippen molar-refractivity contribution in [3.8, 4) is 5.69 Å². The van der Waals surface area contributed by atoms with Crippen molar-refractivity contribution in [3.63, 3.8) is 0 Å². The van der Waals surface area contributed by atoms with Gasteiger partial charge in [-0.05, 0) is 37.6 Å². The number of hydrogen-bond acceptors (Lipinski definition) is 2. The van der Waals surface area contributed by atoms with Crippen LogP contribution in [0.5, 0.6) is 0 Å². The van der Waals surface area contributed by atoms with E-state index in [2.05, 4.69) is 10.4 Å². The molecule has 0 atom stereocenters. The molecule has 1 heterocycles. The monoisotopic (exact) mass is 317 g/mol. The second kappa shape index (κ2) is 6.96. The van der Waals surface area contributed by atoms with Gasteiger partial charge >= 0.3 is 0 Å². The molecule has 0 bridgehead atoms. The van der Waals surface area contributed by atoms with Gasteiger partial charge in [-0.1, -0.05) is 48.5 Å². The number of aryl methyl sites for hydroxylation is 1. The molecule has 0 saturated heterocycles. The number of nitrogens with zero attached hydrogens (tertiary/aromatic N) is 2. The Balaban J connectivity index is 1.79. The topological polar surface area (TPSA) is 46.9 Å². The fourth-order valence-electron chi connectivity index (χ4n) is 2.55. The Labute approximate surface area is 141 Å². The number of carbonyl (C=O) groups excluding carboxylic acids is 1. The van der Waals surface area contributed by atoms with Crippen LogP contribution >= 0.6 is 0 Å². The van der Waals surface area contributed by atoms with Crippen LogP contribution in [0, 0.1) is 13.8 Å². The van der Waals surface area contributed by atoms with Crippen molar-refractivity contribution in [2.24, 2.45) is 0 Å². The number of rotatable bonds is 4. The van der Waals surface area contributed by atoms with E-state index in [0.29, 0.717) is 0 Å². The third-order valence-electron chi connectivity index (χ3n) is 3.77. The molecule has 3 aromatic rings. The molecule has 0 aliphatic heterocycles. The molecule has 4 heteroatoms. The van der Waals surface area contributed by atoms with E-state index >= 15 is 0 Å². The van der Waals surface area contributed by atoms with Crippen molar-refractivity contribution >= 4 is 17.7 Å². The van der Waals surface area contributed by atoms with Crippen LogP contribution in [0.3, 0.4) is 0 Å². The van der Waals surface area contributed by atoms with E-state index in [4.69, 9.17) is 0 Å². The van der Waals surface area contributed by atoms with E-state index < -0.39 is 0 Å². The molecule has 0 spiro atoms. The Morgan fingerprint density at radius 1 is 1.00 bits per heavy atom. The molecular weight excluding hydrogens is 298 g/mol. The van der Waals surface area contributed by atoms with Gasteiger partial charge in [0, 0.05) is 6.08 Å². The van der Waals surface area contributed by atoms with Gasteiger partial charge in [0.25, 0.3) is 0 Å². The minimum atomic E-state index is -0.169. The zero-order valence-corrected chi connectivity index (χ0v) is 13.7. The molecule has 0 unspecified atom stereocenters. The summed E-state index contributed by atoms with van der Waals surface area (Å²) in [5.41, 5.74) is 4.40. The van der Waals surface area contributed by atoms with Gasteiger partial charge in [0.1, 0.15) is 0 Å². The minimum Gasteiger partial charge on any atom is -0.319 e. The van der Waals surface area contributed by atoms with Crippen LogP contribution in [0.15, 0.2) is 66.7 Å². The zero-order chi connectivity index (χ0) is 16.9. The smallest absolute Gasteiger partial charge is 0.248 e. The normalized spacial score (nSPS) is 10.9. The van der Waals surface area contributed by atoms with Crippen molar-refractivity contribution < 1.29 is 4.79 Å². The molecule has 0 aliphatic carbocycles. The molecule has 0 aliphatic rings. The standard InChI is InChI=1S/C20H19N3O/c1-15-20(16(2)23(22-15)18-11-7-4-8-12-18)21-19(24)14-13-17-9-5-3-6-10-17/h3-14H,1-2H3,(H,21,24). The number of nitrogens with one attached hydrogen (secondary N) is 1. The quantitative estimate of drug-likeness (QED) is 0.735. The van der Waals surface area contributed by atoms with Crippen LogP contribution < -0.4 is 5.32 Å². The van der Waals surface area contributed by atoms with E-state index in [1.807, 2.05) is 79.2 Å². The van der Waals surface area contributed by atoms with Gasteiger partial charge in [-0.15, -0.1) is 0 Å². The van der Waals surface area contributed by atoms with Gasteiger partial charge in [-0.2, -0.15) is 5.10 Å². The number of amides is 1. The molecule has 0 fully saturated rings. The maximum atomic E-state index is 12.2. The summed E-state index contributed by atoms with van der Waals surface area (Å²) in [5, 5.41) is 7.46. The molecule has 0 saturated carbocycles. The third-order valence-corrected chi connectivity index (χ3v) is 3.77. The Morgan fingerprint density at radius 3 is 2.29 bits per heavy atom. The Bertz CT molecular complexity index is 865. The van der Waals surface area contributed by atoms with Gasteiger partial charge in [-0.3, -0.25) is 4.79 Å². The van der Waals surface area contributed by atoms with Crippen molar-refractivity contribution in [3.05, 3.63) is 83.7 Å². The molecule has 2 aromatic carbocycles. The van der Waals surface area contributed by atoms with Crippen LogP contribution in [0.25, 0.3) is 11.8 Å². The molecule has 1 aromatic heterocycles. The lowest BCUT2D eigenvalue weighted by molar-refractivity contribution is -0.111. The first kappa shape index (κ1) is 15.7. The van der Waals surface area contributed by atoms with Crippen LogP contribution in [-0.4, -0.2) is 15.7 Å². The third kappa shape index (κ3) is 3.43. The average molecular weight is 317 g/mol. The summed E-state index contributed by atoms with van der Waals surface area (Å²) in [6, 6.07) is 19.6. The highest BCUT2D eigenvalue weighted by Crippen LogP contribution is 2.22. The van der Waals surface area contributed by atoms with Crippen LogP contribution in [0.2, 0.25) is 0 Å². The molecule has 120 valence electrons. The van der Waals surface area contributed by atoms with E-state index in [1.54, 1.807) is 6.08 Å². The van der Waals surface area contributed by atoms with Gasteiger partial charge in [-0.25, -0.2) is 4.68 Å². The molecule has 1 amide bonds. The van der Waals surface area contributed by atoms with Gasteiger partial charge in [0.2, 0.25) is 5.91 Å². The highest BCUT2D eigenvalue weighted by molar-refractivity contribution is 6.02. The van der Waals surface area contributed by atoms with E-state index in [0.717, 1.165) is 28.3 Å². The fourth-order valence-corrected chi connectivity index (χ4v) is 2.55. The van der Waals surface area contributed by atoms with Crippen molar-refractivity contribution in [1.82, 2.24) is 9.78 Å². The number of carbonyl (C=O) groups is 1. The van der Waals surface area contributed by atoms with E-state index in [9.17, 15) is 4.79 Å². The number of hydrogen-bond donors (Lipinski definition) is 1. The highest BCUT2D eigenvalue weighted by Gasteiger charge is 2.13. The lowest BCUT2D eigenvalue weighted by atomic mass is 10.2. The van der Waals surface area contributed by atoms with E-state index in [-0.39, 0.29) is 5.91 Å². The second-order valence-electron chi connectivity index (χ2n) is 5.53. The summed E-state index contributed by atoms with van der Waals surface area (Å²) in [7, 11) is 0. The summed E-state index contributed by atoms with van der Waals surface area (Å²) in [4.78, 5) is 12.2. The zero-order valence-electron chi connectivity index (χ0n) is 13.7. The first-order chi connectivity index (χ1) is 11.6. The van der Waals surface area contributed by atoms with Gasteiger partial charge in [0.05, 0.1) is 22.8 Å². The van der Waals surface area contributed by atoms with Crippen molar-refractivity contribution in [1.29, 1.82) is 0 Å². The molecule has 3 rings (SSSR count). The van der Waals surface area contributed by atoms with Crippen LogP contribution in [-0.2, 0) is 4.79 Å². The average Bonchev–Trinajstić information content (AvgIpc) is 2.90. The summed E-state index contributed by atoms with van der Waals surface area (Å²) in [6.07, 6.45) is 3.33. The Hall–Kier alpha value is -3.14. The molecule has 24 heavy (non-hydrogen) atoms. The summed E-state index contributed by atoms with van der Waals surface area (Å²) >= 11 is 0. The summed E-state index contributed by atoms with van der Waals surface area (Å²) < 4.78 is 1.84. The lowest BCUT2D eigenvalue weighted by Gasteiger charge is -2.05. The Morgan fingerprint density at radius 2 is 1.62 bits per heavy atom.